The van der Waals surface area contributed by atoms with Gasteiger partial charge in [0.05, 0.1) is 25.4 Å². The number of carbonyl (C=O) groups excluding carboxylic acids is 2. The first kappa shape index (κ1) is 83.6. The summed E-state index contributed by atoms with van der Waals surface area (Å²) in [6.45, 7) is 5.67. The summed E-state index contributed by atoms with van der Waals surface area (Å²) in [5.41, 5.74) is 0. The van der Waals surface area contributed by atoms with E-state index in [0.29, 0.717) is 12.8 Å². The van der Waals surface area contributed by atoms with Gasteiger partial charge in [0, 0.05) is 6.42 Å². The van der Waals surface area contributed by atoms with Crippen molar-refractivity contribution in [1.29, 1.82) is 0 Å². The van der Waals surface area contributed by atoms with Crippen LogP contribution in [0.25, 0.3) is 0 Å². The van der Waals surface area contributed by atoms with Crippen LogP contribution >= 0.6 is 0 Å². The fourth-order valence-corrected chi connectivity index (χ4v) is 11.2. The average molecular weight is 1250 g/mol. The van der Waals surface area contributed by atoms with Crippen molar-refractivity contribution in [3.05, 3.63) is 97.2 Å². The van der Waals surface area contributed by atoms with Gasteiger partial charge in [-0.05, 0) is 103 Å². The Balaban J connectivity index is 2.52. The Bertz CT molecular complexity index is 1820. The third-order valence-corrected chi connectivity index (χ3v) is 17.0. The molecule has 1 aliphatic heterocycles. The molecule has 11 nitrogen and oxygen atoms in total. The van der Waals surface area contributed by atoms with Crippen molar-refractivity contribution >= 4 is 11.9 Å². The highest BCUT2D eigenvalue weighted by molar-refractivity contribution is 5.80. The fraction of sp³-hybridized carbons (Fsp3) is 0.769. The first-order valence-electron chi connectivity index (χ1n) is 37.0. The van der Waals surface area contributed by atoms with Crippen molar-refractivity contribution in [2.24, 2.45) is 0 Å². The van der Waals surface area contributed by atoms with E-state index < -0.39 is 67.4 Å². The lowest BCUT2D eigenvalue weighted by Gasteiger charge is -2.41. The quantitative estimate of drug-likeness (QED) is 0.0195. The summed E-state index contributed by atoms with van der Waals surface area (Å²) < 4.78 is 17.7. The maximum absolute atomic E-state index is 13.5. The Morgan fingerprint density at radius 1 is 0.449 bits per heavy atom. The van der Waals surface area contributed by atoms with Crippen LogP contribution in [0.5, 0.6) is 0 Å². The van der Waals surface area contributed by atoms with Gasteiger partial charge in [-0.2, -0.15) is 0 Å². The third kappa shape index (κ3) is 51.7. The topological polar surface area (TPSA) is 175 Å². The summed E-state index contributed by atoms with van der Waals surface area (Å²) in [5.74, 6) is -1.20. The first-order valence-corrected chi connectivity index (χ1v) is 37.0. The van der Waals surface area contributed by atoms with E-state index in [0.717, 1.165) is 116 Å². The maximum Gasteiger partial charge on any atom is 0.306 e. The summed E-state index contributed by atoms with van der Waals surface area (Å²) in [6.07, 6.45) is 77.4. The molecular weight excluding hydrogens is 1110 g/mol. The summed E-state index contributed by atoms with van der Waals surface area (Å²) in [6, 6.07) is -1.04. The molecule has 0 bridgehead atoms. The maximum atomic E-state index is 13.5. The van der Waals surface area contributed by atoms with E-state index >= 15 is 0 Å². The van der Waals surface area contributed by atoms with Crippen LogP contribution in [0.2, 0.25) is 0 Å². The van der Waals surface area contributed by atoms with Gasteiger partial charge in [-0.25, -0.2) is 0 Å². The molecule has 0 aliphatic carbocycles. The molecule has 8 atom stereocenters. The first-order chi connectivity index (χ1) is 43.7. The SMILES string of the molecule is CC/C=C\C/C=C\C/C=C\C/C=C\C/C=C\CCCCCCCCC(O)C(=O)NC(COC1OC(CO)C(O)C(O)C1OC(=O)CCCCCCCCCCCCCCCCCCC/C=C\C/C=C\CCCCC)C(O)/C=C/CCCCCCCCCCC. The molecule has 1 aliphatic rings. The van der Waals surface area contributed by atoms with Gasteiger partial charge >= 0.3 is 5.97 Å². The molecule has 89 heavy (non-hydrogen) atoms. The van der Waals surface area contributed by atoms with Gasteiger partial charge in [0.25, 0.3) is 0 Å². The highest BCUT2D eigenvalue weighted by Crippen LogP contribution is 2.26. The molecular formula is C78H137NO10. The molecule has 6 N–H and O–H groups in total. The van der Waals surface area contributed by atoms with E-state index in [1.54, 1.807) is 6.08 Å². The van der Waals surface area contributed by atoms with Crippen LogP contribution in [-0.2, 0) is 23.8 Å². The highest BCUT2D eigenvalue weighted by Gasteiger charge is 2.47. The number of aliphatic hydroxyl groups is 5. The zero-order valence-electron chi connectivity index (χ0n) is 57.3. The number of amides is 1. The monoisotopic (exact) mass is 1250 g/mol. The van der Waals surface area contributed by atoms with Crippen LogP contribution in [0.3, 0.4) is 0 Å². The third-order valence-electron chi connectivity index (χ3n) is 17.0. The average Bonchev–Trinajstić information content (AvgIpc) is 2.36. The minimum Gasteiger partial charge on any atom is -0.454 e. The summed E-state index contributed by atoms with van der Waals surface area (Å²) >= 11 is 0. The second-order valence-corrected chi connectivity index (χ2v) is 25.3. The Kier molecular flexibility index (Phi) is 60.7. The van der Waals surface area contributed by atoms with Gasteiger partial charge in [-0.1, -0.05) is 311 Å². The Morgan fingerprint density at radius 3 is 1.24 bits per heavy atom. The van der Waals surface area contributed by atoms with Gasteiger partial charge in [-0.3, -0.25) is 9.59 Å². The lowest BCUT2D eigenvalue weighted by molar-refractivity contribution is -0.305. The summed E-state index contributed by atoms with van der Waals surface area (Å²) in [5, 5.41) is 57.3. The van der Waals surface area contributed by atoms with Crippen LogP contribution in [0.15, 0.2) is 97.2 Å². The summed E-state index contributed by atoms with van der Waals surface area (Å²) in [4.78, 5) is 26.7. The van der Waals surface area contributed by atoms with Crippen molar-refractivity contribution in [3.8, 4) is 0 Å². The Hall–Kier alpha value is -3.42. The number of hydrogen-bond donors (Lipinski definition) is 6. The molecule has 1 fully saturated rings. The highest BCUT2D eigenvalue weighted by atomic mass is 16.7. The van der Waals surface area contributed by atoms with E-state index in [-0.39, 0.29) is 19.4 Å². The zero-order valence-corrected chi connectivity index (χ0v) is 57.3. The second-order valence-electron chi connectivity index (χ2n) is 25.3. The summed E-state index contributed by atoms with van der Waals surface area (Å²) in [7, 11) is 0. The van der Waals surface area contributed by atoms with E-state index in [1.807, 2.05) is 6.08 Å². The number of nitrogens with one attached hydrogen (secondary N) is 1. The predicted molar refractivity (Wildman–Crippen MR) is 375 cm³/mol. The lowest BCUT2D eigenvalue weighted by atomic mass is 9.99. The molecule has 11 heteroatoms. The number of carbonyl (C=O) groups is 2. The van der Waals surface area contributed by atoms with Crippen LogP contribution in [0, 0.1) is 0 Å². The predicted octanol–water partition coefficient (Wildman–Crippen LogP) is 19.4. The van der Waals surface area contributed by atoms with Crippen molar-refractivity contribution in [2.75, 3.05) is 13.2 Å². The number of ether oxygens (including phenoxy) is 3. The number of unbranched alkanes of at least 4 members (excludes halogenated alkanes) is 35. The van der Waals surface area contributed by atoms with Crippen molar-refractivity contribution < 1.29 is 49.3 Å². The lowest BCUT2D eigenvalue weighted by Crippen LogP contribution is -2.61. The Labute approximate surface area is 546 Å². The van der Waals surface area contributed by atoms with Crippen molar-refractivity contribution in [3.63, 3.8) is 0 Å². The molecule has 1 rings (SSSR count). The van der Waals surface area contributed by atoms with E-state index in [9.17, 15) is 35.1 Å². The van der Waals surface area contributed by atoms with E-state index in [2.05, 4.69) is 111 Å². The zero-order chi connectivity index (χ0) is 64.6. The molecule has 0 aromatic carbocycles. The molecule has 0 aromatic heterocycles. The van der Waals surface area contributed by atoms with Crippen molar-refractivity contribution in [1.82, 2.24) is 5.32 Å². The van der Waals surface area contributed by atoms with Crippen LogP contribution in [0.4, 0.5) is 0 Å². The molecule has 1 amide bonds. The molecule has 0 spiro atoms. The van der Waals surface area contributed by atoms with Gasteiger partial charge in [-0.15, -0.1) is 0 Å². The van der Waals surface area contributed by atoms with Crippen LogP contribution in [-0.4, -0.2) is 99.6 Å². The van der Waals surface area contributed by atoms with Crippen LogP contribution in [0.1, 0.15) is 323 Å². The number of rotatable bonds is 63. The minimum absolute atomic E-state index is 0.121. The number of allylic oxidation sites excluding steroid dienone is 15. The normalized spacial score (nSPS) is 18.7. The van der Waals surface area contributed by atoms with Gasteiger partial charge in [0.15, 0.2) is 12.4 Å². The van der Waals surface area contributed by atoms with Crippen LogP contribution < -0.4 is 5.32 Å². The molecule has 0 radical (unpaired) electrons. The van der Waals surface area contributed by atoms with Crippen molar-refractivity contribution in [2.45, 2.75) is 372 Å². The number of aliphatic hydroxyl groups excluding tert-OH is 5. The second kappa shape index (κ2) is 64.7. The van der Waals surface area contributed by atoms with E-state index in [4.69, 9.17) is 14.2 Å². The molecule has 0 saturated carbocycles. The molecule has 1 heterocycles. The molecule has 514 valence electrons. The molecule has 1 saturated heterocycles. The van der Waals surface area contributed by atoms with Gasteiger partial charge in [0.2, 0.25) is 5.91 Å². The Morgan fingerprint density at radius 2 is 0.809 bits per heavy atom. The number of hydrogen-bond acceptors (Lipinski definition) is 10. The standard InChI is InChI=1S/C78H137NO10/c1-4-7-10-13-16-19-22-24-26-28-30-32-34-35-36-37-38-40-42-44-46-48-51-54-57-60-63-66-73(83)89-76-75(85)74(84)72(67-80)88-78(76)87-68-69(70(81)64-61-58-55-52-49-21-18-15-12-9-6-3)79-77(86)71(82)65-62-59-56-53-50-47-45-43-41-39-33-31-29-27-25-23-20-17-14-11-8-5-2/h8,11,16-17,19-20,24-27,31,33,41,43,61,64,69-72,74-76,78,80-82,84-85H,4-7,9-10,12-15,18,21-23,28-30,32,34-40,42,44-60,62-63,65-68H2,1-3H3,(H,79,86)/b11-8-,19-16-,20-17-,26-24-,27-25-,33-31-,43-41-,64-61+. The van der Waals surface area contributed by atoms with Gasteiger partial charge < -0.3 is 45.1 Å². The van der Waals surface area contributed by atoms with E-state index in [1.165, 1.54) is 161 Å². The molecule has 8 unspecified atom stereocenters. The minimum atomic E-state index is -1.62. The van der Waals surface area contributed by atoms with Gasteiger partial charge in [0.1, 0.15) is 24.4 Å². The fourth-order valence-electron chi connectivity index (χ4n) is 11.2. The molecule has 0 aromatic rings. The smallest absolute Gasteiger partial charge is 0.306 e. The number of esters is 1. The largest absolute Gasteiger partial charge is 0.454 e.